The van der Waals surface area contributed by atoms with E-state index in [0.29, 0.717) is 5.02 Å². The average molecular weight is 553 g/mol. The van der Waals surface area contributed by atoms with Crippen LogP contribution in [0.25, 0.3) is 0 Å². The van der Waals surface area contributed by atoms with Gasteiger partial charge in [0.25, 0.3) is 0 Å². The fourth-order valence-corrected chi connectivity index (χ4v) is 6.28. The monoisotopic (exact) mass is 552 g/mol. The molecular weight excluding hydrogens is 528 g/mol. The number of nitrogens with zero attached hydrogens (tertiary/aromatic N) is 4. The molecule has 0 aromatic heterocycles. The maximum Gasteiger partial charge on any atom is 0.365 e. The Bertz CT molecular complexity index is 1610. The highest BCUT2D eigenvalue weighted by Gasteiger charge is 2.56. The smallest absolute Gasteiger partial charge is 0.365 e. The van der Waals surface area contributed by atoms with Crippen LogP contribution in [0.15, 0.2) is 113 Å². The summed E-state index contributed by atoms with van der Waals surface area (Å²) in [5, 5.41) is 14.7. The average Bonchev–Trinajstić information content (AvgIpc) is 3.36. The van der Waals surface area contributed by atoms with Gasteiger partial charge in [0, 0.05) is 21.7 Å². The Hall–Kier alpha value is -4.07. The highest BCUT2D eigenvalue weighted by molar-refractivity contribution is 8.16. The molecule has 2 aliphatic rings. The number of thioether (sulfide) groups is 1. The van der Waals surface area contributed by atoms with Crippen molar-refractivity contribution in [2.75, 3.05) is 16.6 Å². The van der Waals surface area contributed by atoms with E-state index in [1.165, 1.54) is 17.3 Å². The number of hydrogen-bond donors (Lipinski definition) is 0. The van der Waals surface area contributed by atoms with Crippen LogP contribution in [0.3, 0.4) is 0 Å². The van der Waals surface area contributed by atoms with Gasteiger partial charge < -0.3 is 4.74 Å². The van der Waals surface area contributed by atoms with Gasteiger partial charge in [-0.3, -0.25) is 0 Å². The quantitative estimate of drug-likeness (QED) is 0.246. The number of carbonyl (C=O) groups is 1. The van der Waals surface area contributed by atoms with E-state index in [4.69, 9.17) is 26.5 Å². The van der Waals surface area contributed by atoms with E-state index in [2.05, 4.69) is 43.3 Å². The second kappa shape index (κ2) is 10.2. The van der Waals surface area contributed by atoms with Crippen LogP contribution in [0.1, 0.15) is 29.2 Å². The van der Waals surface area contributed by atoms with Gasteiger partial charge in [0.1, 0.15) is 0 Å². The summed E-state index contributed by atoms with van der Waals surface area (Å²) in [5.41, 5.74) is 6.45. The maximum absolute atomic E-state index is 13.1. The molecule has 1 spiro atoms. The van der Waals surface area contributed by atoms with Crippen LogP contribution in [-0.2, 0) is 14.5 Å². The van der Waals surface area contributed by atoms with Gasteiger partial charge in [-0.25, -0.2) is 14.8 Å². The third-order valence-corrected chi connectivity index (χ3v) is 8.09. The van der Waals surface area contributed by atoms with Crippen molar-refractivity contribution in [1.82, 2.24) is 0 Å². The highest BCUT2D eigenvalue weighted by Crippen LogP contribution is 2.55. The number of aryl methyl sites for hydroxylation is 1. The summed E-state index contributed by atoms with van der Waals surface area (Å²) >= 11 is 7.77. The van der Waals surface area contributed by atoms with Gasteiger partial charge >= 0.3 is 5.97 Å². The van der Waals surface area contributed by atoms with Crippen molar-refractivity contribution < 1.29 is 9.53 Å². The number of halogens is 1. The zero-order chi connectivity index (χ0) is 27.0. The number of benzene rings is 4. The lowest BCUT2D eigenvalue weighted by Gasteiger charge is -2.47. The van der Waals surface area contributed by atoms with Crippen molar-refractivity contribution in [3.8, 4) is 0 Å². The number of hydrogen-bond acceptors (Lipinski definition) is 7. The largest absolute Gasteiger partial charge is 0.461 e. The van der Waals surface area contributed by atoms with E-state index in [1.807, 2.05) is 76.7 Å². The molecule has 0 bridgehead atoms. The summed E-state index contributed by atoms with van der Waals surface area (Å²) in [4.78, 5) is 12.0. The minimum absolute atomic E-state index is 0.238. The molecule has 194 valence electrons. The molecule has 6 rings (SSSR count). The van der Waals surface area contributed by atoms with E-state index in [1.54, 1.807) is 6.92 Å². The molecule has 4 aromatic carbocycles. The minimum atomic E-state index is -1.07. The molecule has 2 aliphatic heterocycles. The molecule has 8 heteroatoms. The predicted molar refractivity (Wildman–Crippen MR) is 159 cm³/mol. The lowest BCUT2D eigenvalue weighted by Crippen LogP contribution is -2.54. The highest BCUT2D eigenvalue weighted by atomic mass is 35.5. The number of para-hydroxylation sites is 1. The second-order valence-corrected chi connectivity index (χ2v) is 10.7. The molecule has 0 N–H and O–H groups in total. The Labute approximate surface area is 236 Å². The van der Waals surface area contributed by atoms with Gasteiger partial charge in [-0.05, 0) is 55.9 Å². The summed E-state index contributed by atoms with van der Waals surface area (Å²) < 4.78 is 5.40. The molecule has 1 atom stereocenters. The Kier molecular flexibility index (Phi) is 6.62. The normalized spacial score (nSPS) is 18.0. The molecule has 2 heterocycles. The van der Waals surface area contributed by atoms with Crippen molar-refractivity contribution in [3.05, 3.63) is 130 Å². The van der Waals surface area contributed by atoms with Gasteiger partial charge in [-0.15, -0.1) is 0 Å². The Morgan fingerprint density at radius 1 is 0.872 bits per heavy atom. The maximum atomic E-state index is 13.1. The summed E-state index contributed by atoms with van der Waals surface area (Å²) in [6.07, 6.45) is 0. The molecule has 0 radical (unpaired) electrons. The van der Waals surface area contributed by atoms with Crippen LogP contribution in [-0.4, -0.2) is 23.3 Å². The van der Waals surface area contributed by atoms with Gasteiger partial charge in [0.05, 0.1) is 23.7 Å². The molecule has 0 unspecified atom stereocenters. The summed E-state index contributed by atoms with van der Waals surface area (Å²) in [5.74, 6) is -0.481. The fraction of sp³-hybridized carbons (Fsp3) is 0.129. The lowest BCUT2D eigenvalue weighted by molar-refractivity contribution is -0.134. The molecular formula is C31H25ClN4O2S. The Morgan fingerprint density at radius 3 is 2.31 bits per heavy atom. The van der Waals surface area contributed by atoms with Crippen LogP contribution in [0, 0.1) is 6.92 Å². The minimum Gasteiger partial charge on any atom is -0.461 e. The van der Waals surface area contributed by atoms with Gasteiger partial charge in [-0.2, -0.15) is 10.2 Å². The van der Waals surface area contributed by atoms with E-state index < -0.39 is 11.0 Å². The molecule has 39 heavy (non-hydrogen) atoms. The third-order valence-electron chi connectivity index (χ3n) is 6.57. The first-order valence-corrected chi connectivity index (χ1v) is 13.8. The van der Waals surface area contributed by atoms with Crippen molar-refractivity contribution in [2.24, 2.45) is 10.2 Å². The van der Waals surface area contributed by atoms with Crippen molar-refractivity contribution in [2.45, 2.75) is 18.8 Å². The number of esters is 1. The van der Waals surface area contributed by atoms with Crippen molar-refractivity contribution >= 4 is 51.5 Å². The zero-order valence-corrected chi connectivity index (χ0v) is 23.0. The first-order valence-electron chi connectivity index (χ1n) is 12.6. The van der Waals surface area contributed by atoms with Crippen LogP contribution in [0.5, 0.6) is 0 Å². The van der Waals surface area contributed by atoms with Crippen molar-refractivity contribution in [3.63, 3.8) is 0 Å². The van der Waals surface area contributed by atoms with Gasteiger partial charge in [0.15, 0.2) is 0 Å². The number of carbonyl (C=O) groups excluding carboxylic acids is 1. The number of ether oxygens (including phenoxy) is 1. The summed E-state index contributed by atoms with van der Waals surface area (Å²) in [6, 6.07) is 33.9. The Balaban J connectivity index is 1.64. The number of hydrazone groups is 2. The van der Waals surface area contributed by atoms with E-state index in [0.717, 1.165) is 33.8 Å². The van der Waals surface area contributed by atoms with Crippen LogP contribution in [0.2, 0.25) is 5.02 Å². The van der Waals surface area contributed by atoms with Crippen LogP contribution in [0.4, 0.5) is 11.4 Å². The number of fused-ring (bicyclic) bond motifs is 2. The molecule has 0 saturated carbocycles. The molecule has 0 fully saturated rings. The molecule has 4 aromatic rings. The first kappa shape index (κ1) is 25.2. The first-order chi connectivity index (χ1) is 19.0. The Morgan fingerprint density at radius 2 is 1.56 bits per heavy atom. The lowest BCUT2D eigenvalue weighted by atomic mass is 9.93. The fourth-order valence-electron chi connectivity index (χ4n) is 4.81. The van der Waals surface area contributed by atoms with Gasteiger partial charge in [0.2, 0.25) is 10.0 Å². The van der Waals surface area contributed by atoms with Crippen LogP contribution < -0.4 is 10.0 Å². The predicted octanol–water partition coefficient (Wildman–Crippen LogP) is 7.16. The number of rotatable bonds is 5. The zero-order valence-electron chi connectivity index (χ0n) is 21.4. The summed E-state index contributed by atoms with van der Waals surface area (Å²) in [6.45, 7) is 4.10. The van der Waals surface area contributed by atoms with Crippen LogP contribution >= 0.6 is 23.4 Å². The molecule has 0 aliphatic carbocycles. The molecule has 0 saturated heterocycles. The van der Waals surface area contributed by atoms with E-state index >= 15 is 0 Å². The van der Waals surface area contributed by atoms with E-state index in [9.17, 15) is 4.79 Å². The second-order valence-electron chi connectivity index (χ2n) is 9.14. The SMILES string of the molecule is CCOC(=O)C1=NN(c2cccc(Cl)c2)[C@]2(S1)c1ccccc1C(c1ccc(C)cc1)=NN2c1ccccc1. The topological polar surface area (TPSA) is 57.5 Å². The van der Waals surface area contributed by atoms with E-state index in [-0.39, 0.29) is 11.7 Å². The van der Waals surface area contributed by atoms with Crippen molar-refractivity contribution in [1.29, 1.82) is 0 Å². The third kappa shape index (κ3) is 4.37. The summed E-state index contributed by atoms with van der Waals surface area (Å²) in [7, 11) is 0. The molecule has 6 nitrogen and oxygen atoms in total. The molecule has 0 amide bonds. The number of anilines is 2. The standard InChI is InChI=1S/C31H25ClN4O2S/c1-3-38-30(37)29-34-36(25-13-9-10-23(32)20-25)31(39-29)27-15-8-7-14-26(27)28(22-18-16-21(2)17-19-22)33-35(31)24-11-5-4-6-12-24/h4-20H,3H2,1-2H3/t31-/m0/s1. The van der Waals surface area contributed by atoms with Gasteiger partial charge in [-0.1, -0.05) is 90.0 Å².